The molecule has 3 N–H and O–H groups in total. The van der Waals surface area contributed by atoms with E-state index in [-0.39, 0.29) is 25.6 Å². The van der Waals surface area contributed by atoms with Crippen LogP contribution in [0.15, 0.2) is 0 Å². The fraction of sp³-hybridized carbons (Fsp3) is 0.833. The number of aliphatic carboxylic acids is 1. The van der Waals surface area contributed by atoms with Gasteiger partial charge in [-0.3, -0.25) is 4.79 Å². The lowest BCUT2D eigenvalue weighted by Gasteiger charge is -2.37. The Labute approximate surface area is 107 Å². The molecule has 2 amide bonds. The molecule has 0 aromatic rings. The summed E-state index contributed by atoms with van der Waals surface area (Å²) in [4.78, 5) is 24.0. The number of amides is 2. The third-order valence-corrected chi connectivity index (χ3v) is 3.47. The van der Waals surface area contributed by atoms with Gasteiger partial charge in [0, 0.05) is 13.1 Å². The van der Waals surface area contributed by atoms with E-state index < -0.39 is 11.5 Å². The Morgan fingerprint density at radius 1 is 1.44 bits per heavy atom. The summed E-state index contributed by atoms with van der Waals surface area (Å²) in [6, 6.07) is -0.267. The molecule has 1 aliphatic heterocycles. The van der Waals surface area contributed by atoms with E-state index in [4.69, 9.17) is 5.11 Å². The fourth-order valence-electron chi connectivity index (χ4n) is 2.60. The van der Waals surface area contributed by atoms with Crippen LogP contribution in [0.2, 0.25) is 0 Å². The maximum absolute atomic E-state index is 12.0. The van der Waals surface area contributed by atoms with Crippen LogP contribution in [-0.4, -0.2) is 52.3 Å². The van der Waals surface area contributed by atoms with Crippen LogP contribution in [-0.2, 0) is 4.79 Å². The number of rotatable bonds is 6. The molecule has 0 saturated carbocycles. The van der Waals surface area contributed by atoms with Crippen LogP contribution >= 0.6 is 0 Å². The number of aliphatic hydroxyl groups excluding tert-OH is 1. The SMILES string of the molecule is CCCC1(CO)CCCN1C(=O)NCCC(=O)O. The van der Waals surface area contributed by atoms with Gasteiger partial charge in [0.1, 0.15) is 0 Å². The van der Waals surface area contributed by atoms with Crippen molar-refractivity contribution in [3.63, 3.8) is 0 Å². The number of carbonyl (C=O) groups excluding carboxylic acids is 1. The second-order valence-electron chi connectivity index (χ2n) is 4.76. The Kier molecular flexibility index (Phi) is 5.40. The zero-order valence-electron chi connectivity index (χ0n) is 10.8. The van der Waals surface area contributed by atoms with E-state index in [2.05, 4.69) is 5.32 Å². The molecular formula is C12H22N2O4. The molecule has 6 heteroatoms. The highest BCUT2D eigenvalue weighted by Gasteiger charge is 2.42. The number of nitrogens with one attached hydrogen (secondary N) is 1. The van der Waals surface area contributed by atoms with Gasteiger partial charge in [-0.15, -0.1) is 0 Å². The third kappa shape index (κ3) is 3.35. The molecule has 0 aromatic heterocycles. The first-order valence-electron chi connectivity index (χ1n) is 6.44. The minimum absolute atomic E-state index is 0.0345. The van der Waals surface area contributed by atoms with Crippen LogP contribution in [0.4, 0.5) is 4.79 Å². The standard InChI is InChI=1S/C12H22N2O4/c1-2-5-12(9-15)6-3-8-14(12)11(18)13-7-4-10(16)17/h15H,2-9H2,1H3,(H,13,18)(H,16,17). The molecule has 18 heavy (non-hydrogen) atoms. The lowest BCUT2D eigenvalue weighted by Crippen LogP contribution is -2.53. The molecule has 0 aromatic carbocycles. The lowest BCUT2D eigenvalue weighted by atomic mass is 9.92. The van der Waals surface area contributed by atoms with E-state index in [1.807, 2.05) is 6.92 Å². The molecule has 0 aliphatic carbocycles. The zero-order chi connectivity index (χ0) is 13.6. The van der Waals surface area contributed by atoms with E-state index >= 15 is 0 Å². The molecule has 1 unspecified atom stereocenters. The molecule has 1 saturated heterocycles. The van der Waals surface area contributed by atoms with E-state index in [0.29, 0.717) is 6.54 Å². The minimum Gasteiger partial charge on any atom is -0.481 e. The van der Waals surface area contributed by atoms with Crippen molar-refractivity contribution in [1.29, 1.82) is 0 Å². The predicted molar refractivity (Wildman–Crippen MR) is 66.3 cm³/mol. The molecule has 1 fully saturated rings. The smallest absolute Gasteiger partial charge is 0.317 e. The van der Waals surface area contributed by atoms with Gasteiger partial charge in [-0.2, -0.15) is 0 Å². The second-order valence-corrected chi connectivity index (χ2v) is 4.76. The quantitative estimate of drug-likeness (QED) is 0.657. The Morgan fingerprint density at radius 2 is 2.17 bits per heavy atom. The Bertz CT molecular complexity index is 308. The van der Waals surface area contributed by atoms with E-state index in [0.717, 1.165) is 25.7 Å². The molecule has 0 spiro atoms. The number of carbonyl (C=O) groups is 2. The summed E-state index contributed by atoms with van der Waals surface area (Å²) < 4.78 is 0. The van der Waals surface area contributed by atoms with Gasteiger partial charge in [0.25, 0.3) is 0 Å². The number of urea groups is 1. The van der Waals surface area contributed by atoms with Gasteiger partial charge in [-0.25, -0.2) is 4.79 Å². The van der Waals surface area contributed by atoms with Gasteiger partial charge in [0.15, 0.2) is 0 Å². The highest BCUT2D eigenvalue weighted by atomic mass is 16.4. The van der Waals surface area contributed by atoms with Crippen molar-refractivity contribution >= 4 is 12.0 Å². The number of nitrogens with zero attached hydrogens (tertiary/aromatic N) is 1. The van der Waals surface area contributed by atoms with Gasteiger partial charge in [-0.1, -0.05) is 13.3 Å². The number of hydrogen-bond acceptors (Lipinski definition) is 3. The summed E-state index contributed by atoms with van der Waals surface area (Å²) >= 11 is 0. The average Bonchev–Trinajstić information content (AvgIpc) is 2.73. The monoisotopic (exact) mass is 258 g/mol. The topological polar surface area (TPSA) is 89.9 Å². The van der Waals surface area contributed by atoms with Crippen molar-refractivity contribution in [3.8, 4) is 0 Å². The van der Waals surface area contributed by atoms with Crippen LogP contribution in [0.5, 0.6) is 0 Å². The average molecular weight is 258 g/mol. The Morgan fingerprint density at radius 3 is 2.72 bits per heavy atom. The first-order valence-corrected chi connectivity index (χ1v) is 6.44. The van der Waals surface area contributed by atoms with Crippen molar-refractivity contribution in [1.82, 2.24) is 10.2 Å². The van der Waals surface area contributed by atoms with Gasteiger partial charge in [0.2, 0.25) is 0 Å². The van der Waals surface area contributed by atoms with Crippen LogP contribution in [0.1, 0.15) is 39.0 Å². The van der Waals surface area contributed by atoms with Crippen LogP contribution in [0.3, 0.4) is 0 Å². The summed E-state index contributed by atoms with van der Waals surface area (Å²) in [5.41, 5.74) is -0.456. The first kappa shape index (κ1) is 14.8. The summed E-state index contributed by atoms with van der Waals surface area (Å²) in [6.45, 7) is 2.74. The number of likely N-dealkylation sites (tertiary alicyclic amines) is 1. The molecule has 1 aliphatic rings. The maximum Gasteiger partial charge on any atom is 0.317 e. The van der Waals surface area contributed by atoms with E-state index in [1.165, 1.54) is 0 Å². The van der Waals surface area contributed by atoms with Crippen molar-refractivity contribution in [3.05, 3.63) is 0 Å². The highest BCUT2D eigenvalue weighted by Crippen LogP contribution is 2.33. The molecular weight excluding hydrogens is 236 g/mol. The van der Waals surface area contributed by atoms with Crippen molar-refractivity contribution in [2.45, 2.75) is 44.6 Å². The van der Waals surface area contributed by atoms with Crippen molar-refractivity contribution < 1.29 is 19.8 Å². The molecule has 6 nitrogen and oxygen atoms in total. The Hall–Kier alpha value is -1.30. The third-order valence-electron chi connectivity index (χ3n) is 3.47. The number of carboxylic acid groups (broad SMARTS) is 1. The van der Waals surface area contributed by atoms with Crippen molar-refractivity contribution in [2.24, 2.45) is 0 Å². The van der Waals surface area contributed by atoms with Gasteiger partial charge in [-0.05, 0) is 19.3 Å². The van der Waals surface area contributed by atoms with E-state index in [9.17, 15) is 14.7 Å². The maximum atomic E-state index is 12.0. The summed E-state index contributed by atoms with van der Waals surface area (Å²) in [5, 5.41) is 20.7. The van der Waals surface area contributed by atoms with Crippen LogP contribution in [0, 0.1) is 0 Å². The zero-order valence-corrected chi connectivity index (χ0v) is 10.8. The minimum atomic E-state index is -0.932. The lowest BCUT2D eigenvalue weighted by molar-refractivity contribution is -0.136. The number of aliphatic hydroxyl groups is 1. The predicted octanol–water partition coefficient (Wildman–Crippen LogP) is 0.798. The summed E-state index contributed by atoms with van der Waals surface area (Å²) in [7, 11) is 0. The highest BCUT2D eigenvalue weighted by molar-refractivity contribution is 5.76. The Balaban J connectivity index is 2.57. The van der Waals surface area contributed by atoms with Crippen LogP contribution < -0.4 is 5.32 Å². The number of hydrogen-bond donors (Lipinski definition) is 3. The molecule has 1 heterocycles. The summed E-state index contributed by atoms with van der Waals surface area (Å²) in [6.07, 6.45) is 3.28. The number of carboxylic acids is 1. The van der Waals surface area contributed by atoms with E-state index in [1.54, 1.807) is 4.90 Å². The summed E-state index contributed by atoms with van der Waals surface area (Å²) in [5.74, 6) is -0.932. The normalized spacial score (nSPS) is 23.1. The molecule has 1 atom stereocenters. The molecule has 104 valence electrons. The van der Waals surface area contributed by atoms with Crippen molar-refractivity contribution in [2.75, 3.05) is 19.7 Å². The van der Waals surface area contributed by atoms with Gasteiger partial charge >= 0.3 is 12.0 Å². The molecule has 0 radical (unpaired) electrons. The molecule has 1 rings (SSSR count). The fourth-order valence-corrected chi connectivity index (χ4v) is 2.60. The van der Waals surface area contributed by atoms with Gasteiger partial charge < -0.3 is 20.4 Å². The largest absolute Gasteiger partial charge is 0.481 e. The van der Waals surface area contributed by atoms with Crippen LogP contribution in [0.25, 0.3) is 0 Å². The van der Waals surface area contributed by atoms with Gasteiger partial charge in [0.05, 0.1) is 18.6 Å². The second kappa shape index (κ2) is 6.58. The first-order chi connectivity index (χ1) is 8.55. The molecule has 0 bridgehead atoms.